The number of nitrogens with zero attached hydrogens (tertiary/aromatic N) is 5. The molecule has 66 valence electrons. The molecule has 13 heavy (non-hydrogen) atoms. The van der Waals surface area contributed by atoms with Crippen molar-refractivity contribution in [2.24, 2.45) is 0 Å². The van der Waals surface area contributed by atoms with Gasteiger partial charge in [0.1, 0.15) is 24.1 Å². The van der Waals surface area contributed by atoms with Crippen LogP contribution in [0.15, 0.2) is 23.5 Å². The van der Waals surface area contributed by atoms with Gasteiger partial charge in [0, 0.05) is 0 Å². The van der Waals surface area contributed by atoms with Crippen LogP contribution in [0.2, 0.25) is 5.15 Å². The molecular weight excluding hydrogens is 257 g/mol. The first-order valence-corrected chi connectivity index (χ1v) is 4.47. The fraction of sp³-hybridized carbons (Fsp3) is 0. The van der Waals surface area contributed by atoms with Crippen LogP contribution in [0.1, 0.15) is 0 Å². The van der Waals surface area contributed by atoms with E-state index < -0.39 is 0 Å². The Morgan fingerprint density at radius 3 is 2.85 bits per heavy atom. The zero-order valence-electron chi connectivity index (χ0n) is 6.22. The largest absolute Gasteiger partial charge is 0.223 e. The lowest BCUT2D eigenvalue weighted by Crippen LogP contribution is -2.00. The molecule has 0 atom stereocenters. The molecule has 0 spiro atoms. The van der Waals surface area contributed by atoms with E-state index in [2.05, 4.69) is 36.0 Å². The van der Waals surface area contributed by atoms with Crippen molar-refractivity contribution >= 4 is 27.5 Å². The second kappa shape index (κ2) is 3.39. The van der Waals surface area contributed by atoms with Crippen molar-refractivity contribution in [3.8, 4) is 5.82 Å². The zero-order chi connectivity index (χ0) is 9.26. The van der Waals surface area contributed by atoms with Gasteiger partial charge < -0.3 is 0 Å². The highest BCUT2D eigenvalue weighted by atomic mass is 79.9. The van der Waals surface area contributed by atoms with Gasteiger partial charge in [-0.15, -0.1) is 0 Å². The van der Waals surface area contributed by atoms with Crippen LogP contribution >= 0.6 is 27.5 Å². The Bertz CT molecular complexity index is 415. The Labute approximate surface area is 86.9 Å². The standard InChI is InChI=1S/C6H3BrClN5/c7-4-5(8)10-2-11-6(4)13-3-9-1-12-13/h1-3H. The number of hydrogen-bond donors (Lipinski definition) is 0. The Hall–Kier alpha value is -1.01. The highest BCUT2D eigenvalue weighted by molar-refractivity contribution is 9.10. The second-order valence-corrected chi connectivity index (χ2v) is 3.29. The van der Waals surface area contributed by atoms with Gasteiger partial charge in [0.05, 0.1) is 4.47 Å². The highest BCUT2D eigenvalue weighted by Crippen LogP contribution is 2.23. The molecule has 0 saturated carbocycles. The Morgan fingerprint density at radius 1 is 1.31 bits per heavy atom. The van der Waals surface area contributed by atoms with Crippen LogP contribution in [-0.4, -0.2) is 24.7 Å². The van der Waals surface area contributed by atoms with Gasteiger partial charge in [-0.05, 0) is 15.9 Å². The first-order valence-electron chi connectivity index (χ1n) is 3.30. The monoisotopic (exact) mass is 259 g/mol. The number of aromatic nitrogens is 5. The number of halogens is 2. The molecule has 2 rings (SSSR count). The third-order valence-electron chi connectivity index (χ3n) is 1.36. The van der Waals surface area contributed by atoms with Crippen LogP contribution in [-0.2, 0) is 0 Å². The van der Waals surface area contributed by atoms with Crippen molar-refractivity contribution < 1.29 is 0 Å². The van der Waals surface area contributed by atoms with Crippen molar-refractivity contribution in [2.75, 3.05) is 0 Å². The van der Waals surface area contributed by atoms with Gasteiger partial charge in [-0.25, -0.2) is 19.6 Å². The Balaban J connectivity index is 2.59. The minimum Gasteiger partial charge on any atom is -0.223 e. The SMILES string of the molecule is Clc1ncnc(-n2cncn2)c1Br. The van der Waals surface area contributed by atoms with Crippen molar-refractivity contribution in [1.82, 2.24) is 24.7 Å². The molecule has 5 nitrogen and oxygen atoms in total. The fourth-order valence-corrected chi connectivity index (χ4v) is 1.33. The smallest absolute Gasteiger partial charge is 0.174 e. The zero-order valence-corrected chi connectivity index (χ0v) is 8.57. The highest BCUT2D eigenvalue weighted by Gasteiger charge is 2.08. The predicted octanol–water partition coefficient (Wildman–Crippen LogP) is 1.47. The van der Waals surface area contributed by atoms with Crippen LogP contribution < -0.4 is 0 Å². The summed E-state index contributed by atoms with van der Waals surface area (Å²) in [7, 11) is 0. The summed E-state index contributed by atoms with van der Waals surface area (Å²) in [4.78, 5) is 11.6. The first-order chi connectivity index (χ1) is 6.29. The summed E-state index contributed by atoms with van der Waals surface area (Å²) in [5.41, 5.74) is 0. The van der Waals surface area contributed by atoms with Gasteiger partial charge in [-0.2, -0.15) is 5.10 Å². The lowest BCUT2D eigenvalue weighted by molar-refractivity contribution is 0.832. The second-order valence-electron chi connectivity index (χ2n) is 2.14. The summed E-state index contributed by atoms with van der Waals surface area (Å²) in [5, 5.41) is 4.26. The minimum absolute atomic E-state index is 0.348. The lowest BCUT2D eigenvalue weighted by Gasteiger charge is -2.01. The van der Waals surface area contributed by atoms with Crippen LogP contribution in [0.3, 0.4) is 0 Å². The molecule has 0 fully saturated rings. The first kappa shape index (κ1) is 8.58. The van der Waals surface area contributed by atoms with Gasteiger partial charge in [0.25, 0.3) is 0 Å². The van der Waals surface area contributed by atoms with Crippen molar-refractivity contribution in [3.63, 3.8) is 0 Å². The van der Waals surface area contributed by atoms with E-state index in [0.29, 0.717) is 15.4 Å². The molecule has 0 aliphatic carbocycles. The van der Waals surface area contributed by atoms with E-state index in [-0.39, 0.29) is 0 Å². The predicted molar refractivity (Wildman–Crippen MR) is 49.7 cm³/mol. The lowest BCUT2D eigenvalue weighted by atomic mass is 10.6. The van der Waals surface area contributed by atoms with Crippen LogP contribution in [0.5, 0.6) is 0 Å². The summed E-state index contributed by atoms with van der Waals surface area (Å²) >= 11 is 9.03. The summed E-state index contributed by atoms with van der Waals surface area (Å²) in [6.07, 6.45) is 4.32. The van der Waals surface area contributed by atoms with Crippen LogP contribution in [0.25, 0.3) is 5.82 Å². The quantitative estimate of drug-likeness (QED) is 0.729. The van der Waals surface area contributed by atoms with Crippen molar-refractivity contribution in [2.45, 2.75) is 0 Å². The van der Waals surface area contributed by atoms with Crippen molar-refractivity contribution in [3.05, 3.63) is 28.6 Å². The minimum atomic E-state index is 0.348. The maximum atomic E-state index is 5.77. The van der Waals surface area contributed by atoms with Crippen LogP contribution in [0, 0.1) is 0 Å². The summed E-state index contributed by atoms with van der Waals surface area (Å²) < 4.78 is 2.10. The molecule has 2 aromatic rings. The molecule has 0 unspecified atom stereocenters. The van der Waals surface area contributed by atoms with Gasteiger partial charge in [-0.1, -0.05) is 11.6 Å². The fourth-order valence-electron chi connectivity index (χ4n) is 0.817. The van der Waals surface area contributed by atoms with E-state index in [4.69, 9.17) is 11.6 Å². The molecule has 7 heteroatoms. The van der Waals surface area contributed by atoms with Gasteiger partial charge in [-0.3, -0.25) is 0 Å². The van der Waals surface area contributed by atoms with Crippen molar-refractivity contribution in [1.29, 1.82) is 0 Å². The Kier molecular flexibility index (Phi) is 2.24. The number of rotatable bonds is 1. The molecule has 0 aliphatic rings. The van der Waals surface area contributed by atoms with E-state index >= 15 is 0 Å². The maximum Gasteiger partial charge on any atom is 0.174 e. The van der Waals surface area contributed by atoms with E-state index in [9.17, 15) is 0 Å². The molecule has 2 heterocycles. The maximum absolute atomic E-state index is 5.77. The third-order valence-corrected chi connectivity index (χ3v) is 2.61. The topological polar surface area (TPSA) is 56.5 Å². The van der Waals surface area contributed by atoms with E-state index in [1.807, 2.05) is 0 Å². The number of hydrogen-bond acceptors (Lipinski definition) is 4. The summed E-state index contributed by atoms with van der Waals surface area (Å²) in [5.74, 6) is 0.567. The third kappa shape index (κ3) is 1.54. The summed E-state index contributed by atoms with van der Waals surface area (Å²) in [6, 6.07) is 0. The molecule has 0 amide bonds. The molecule has 0 N–H and O–H groups in total. The van der Waals surface area contributed by atoms with Crippen LogP contribution in [0.4, 0.5) is 0 Å². The van der Waals surface area contributed by atoms with E-state index in [1.165, 1.54) is 23.7 Å². The van der Waals surface area contributed by atoms with Gasteiger partial charge >= 0.3 is 0 Å². The molecule has 0 aliphatic heterocycles. The average Bonchev–Trinajstić information content (AvgIpc) is 2.62. The normalized spacial score (nSPS) is 10.3. The van der Waals surface area contributed by atoms with E-state index in [1.54, 1.807) is 0 Å². The molecule has 0 radical (unpaired) electrons. The summed E-state index contributed by atoms with van der Waals surface area (Å²) in [6.45, 7) is 0. The Morgan fingerprint density at radius 2 is 2.15 bits per heavy atom. The average molecular weight is 260 g/mol. The molecular formula is C6H3BrClN5. The molecule has 2 aromatic heterocycles. The molecule has 0 aromatic carbocycles. The van der Waals surface area contributed by atoms with E-state index in [0.717, 1.165) is 0 Å². The molecule has 0 bridgehead atoms. The van der Waals surface area contributed by atoms with Gasteiger partial charge in [0.2, 0.25) is 0 Å². The van der Waals surface area contributed by atoms with Gasteiger partial charge in [0.15, 0.2) is 5.82 Å². The molecule has 0 saturated heterocycles.